The molecule has 0 radical (unpaired) electrons. The van der Waals surface area contributed by atoms with Gasteiger partial charge in [0.2, 0.25) is 11.7 Å². The predicted molar refractivity (Wildman–Crippen MR) is 149 cm³/mol. The molecule has 1 amide bonds. The Morgan fingerprint density at radius 2 is 1.81 bits per heavy atom. The second-order valence-corrected chi connectivity index (χ2v) is 11.9. The van der Waals surface area contributed by atoms with Crippen molar-refractivity contribution in [2.24, 2.45) is 5.92 Å². The number of carbonyl (C=O) groups is 2. The van der Waals surface area contributed by atoms with E-state index in [1.807, 2.05) is 0 Å². The summed E-state index contributed by atoms with van der Waals surface area (Å²) in [7, 11) is 2.97. The molecule has 0 bridgehead atoms. The van der Waals surface area contributed by atoms with Gasteiger partial charge in [-0.15, -0.1) is 22.0 Å². The van der Waals surface area contributed by atoms with Crippen molar-refractivity contribution in [3.05, 3.63) is 64.2 Å². The number of carbonyl (C=O) groups excluding carboxylic acids is 1. The van der Waals surface area contributed by atoms with E-state index < -0.39 is 28.5 Å². The minimum Gasteiger partial charge on any atom is -0.493 e. The third kappa shape index (κ3) is 5.89. The Morgan fingerprint density at radius 3 is 2.45 bits per heavy atom. The number of methoxy groups -OCH3 is 2. The van der Waals surface area contributed by atoms with Crippen molar-refractivity contribution in [2.45, 2.75) is 42.4 Å². The van der Waals surface area contributed by atoms with Crippen LogP contribution in [0.2, 0.25) is 5.02 Å². The standard InChI is InChI=1S/C28H28ClF3N4O5S/c1-40-20-5-3-4-17(24(20)41-2)25-18-13-16(29)6-7-19(18)36-26(33-34-27(36)28(30,31)32)21(42-25)14-22(37)35-10-8-15(9-11-35)12-23(38)39/h3-7,13,15,21,25H,8-12,14H2,1-2H3,(H,38,39). The number of aromatic nitrogens is 3. The fourth-order valence-corrected chi connectivity index (χ4v) is 7.27. The molecule has 0 spiro atoms. The van der Waals surface area contributed by atoms with Gasteiger partial charge in [-0.1, -0.05) is 23.7 Å². The van der Waals surface area contributed by atoms with Crippen LogP contribution >= 0.6 is 23.4 Å². The topological polar surface area (TPSA) is 107 Å². The average Bonchev–Trinajstić information content (AvgIpc) is 3.36. The van der Waals surface area contributed by atoms with Crippen molar-refractivity contribution in [3.63, 3.8) is 0 Å². The lowest BCUT2D eigenvalue weighted by molar-refractivity contribution is -0.146. The zero-order valence-corrected chi connectivity index (χ0v) is 24.3. The van der Waals surface area contributed by atoms with Gasteiger partial charge in [0.25, 0.3) is 0 Å². The molecular formula is C28H28ClF3N4O5S. The lowest BCUT2D eigenvalue weighted by atomic mass is 9.93. The minimum atomic E-state index is -4.82. The Hall–Kier alpha value is -3.45. The Balaban J connectivity index is 1.59. The maximum absolute atomic E-state index is 14.3. The third-order valence-electron chi connectivity index (χ3n) is 7.55. The van der Waals surface area contributed by atoms with Crippen molar-refractivity contribution in [3.8, 4) is 17.2 Å². The van der Waals surface area contributed by atoms with Crippen LogP contribution in [0.5, 0.6) is 11.5 Å². The molecule has 1 N–H and O–H groups in total. The number of fused-ring (bicyclic) bond motifs is 3. The van der Waals surface area contributed by atoms with E-state index in [1.165, 1.54) is 38.1 Å². The van der Waals surface area contributed by atoms with Crippen molar-refractivity contribution in [1.29, 1.82) is 0 Å². The Kier molecular flexibility index (Phi) is 8.61. The van der Waals surface area contributed by atoms with E-state index in [2.05, 4.69) is 10.2 Å². The quantitative estimate of drug-likeness (QED) is 0.344. The first-order valence-corrected chi connectivity index (χ1v) is 14.5. The van der Waals surface area contributed by atoms with E-state index in [1.54, 1.807) is 29.2 Å². The van der Waals surface area contributed by atoms with Crippen LogP contribution in [0.15, 0.2) is 36.4 Å². The minimum absolute atomic E-state index is 0.00521. The van der Waals surface area contributed by atoms with Gasteiger partial charge >= 0.3 is 12.1 Å². The summed E-state index contributed by atoms with van der Waals surface area (Å²) >= 11 is 7.65. The maximum atomic E-state index is 14.3. The molecule has 1 fully saturated rings. The first-order chi connectivity index (χ1) is 20.0. The lowest BCUT2D eigenvalue weighted by Gasteiger charge is -2.32. The van der Waals surface area contributed by atoms with Crippen LogP contribution in [0.4, 0.5) is 13.2 Å². The summed E-state index contributed by atoms with van der Waals surface area (Å²) in [5.74, 6) is -1.53. The SMILES string of the molecule is COc1cccc(C2SC(CC(=O)N3CCC(CC(=O)O)CC3)c3nnc(C(F)(F)F)n3-c3ccc(Cl)cc32)c1OC. The number of alkyl halides is 3. The van der Waals surface area contributed by atoms with Crippen LogP contribution in [0.1, 0.15) is 59.0 Å². The van der Waals surface area contributed by atoms with Gasteiger partial charge in [-0.3, -0.25) is 14.2 Å². The zero-order valence-electron chi connectivity index (χ0n) is 22.7. The highest BCUT2D eigenvalue weighted by molar-refractivity contribution is 8.00. The number of para-hydroxylation sites is 1. The lowest BCUT2D eigenvalue weighted by Crippen LogP contribution is -2.39. The summed E-state index contributed by atoms with van der Waals surface area (Å²) in [6.45, 7) is 0.745. The molecule has 2 aliphatic heterocycles. The number of carboxylic acid groups (broad SMARTS) is 1. The molecule has 42 heavy (non-hydrogen) atoms. The third-order valence-corrected chi connectivity index (χ3v) is 9.27. The van der Waals surface area contributed by atoms with Crippen molar-refractivity contribution in [1.82, 2.24) is 19.7 Å². The Labute approximate surface area is 248 Å². The number of rotatable bonds is 7. The summed E-state index contributed by atoms with van der Waals surface area (Å²) in [6.07, 6.45) is -3.85. The van der Waals surface area contributed by atoms with Crippen molar-refractivity contribution < 1.29 is 37.3 Å². The molecule has 2 unspecified atom stereocenters. The molecule has 224 valence electrons. The number of benzene rings is 2. The number of piperidine rings is 1. The number of ether oxygens (including phenoxy) is 2. The van der Waals surface area contributed by atoms with Gasteiger partial charge < -0.3 is 19.5 Å². The van der Waals surface area contributed by atoms with E-state index in [0.29, 0.717) is 53.6 Å². The van der Waals surface area contributed by atoms with Crippen molar-refractivity contribution in [2.75, 3.05) is 27.3 Å². The van der Waals surface area contributed by atoms with Gasteiger partial charge in [0, 0.05) is 36.5 Å². The monoisotopic (exact) mass is 624 g/mol. The number of hydrogen-bond donors (Lipinski definition) is 1. The van der Waals surface area contributed by atoms with E-state index in [-0.39, 0.29) is 36.2 Å². The second kappa shape index (κ2) is 12.0. The number of aliphatic carboxylic acids is 1. The molecule has 14 heteroatoms. The van der Waals surface area contributed by atoms with Crippen LogP contribution in [0.3, 0.4) is 0 Å². The number of likely N-dealkylation sites (tertiary alicyclic amines) is 1. The molecule has 0 aliphatic carbocycles. The van der Waals surface area contributed by atoms with Gasteiger partial charge in [0.05, 0.1) is 30.4 Å². The molecule has 1 saturated heterocycles. The Bertz CT molecular complexity index is 1490. The highest BCUT2D eigenvalue weighted by atomic mass is 35.5. The summed E-state index contributed by atoms with van der Waals surface area (Å²) in [4.78, 5) is 26.3. The smallest absolute Gasteiger partial charge is 0.452 e. The number of halogens is 4. The highest BCUT2D eigenvalue weighted by Crippen LogP contribution is 2.54. The highest BCUT2D eigenvalue weighted by Gasteiger charge is 2.44. The van der Waals surface area contributed by atoms with Crippen LogP contribution in [-0.2, 0) is 15.8 Å². The molecule has 2 aliphatic rings. The van der Waals surface area contributed by atoms with Crippen molar-refractivity contribution >= 4 is 35.2 Å². The number of nitrogens with zero attached hydrogens (tertiary/aromatic N) is 4. The molecular weight excluding hydrogens is 597 g/mol. The van der Waals surface area contributed by atoms with Crippen LogP contribution in [0.25, 0.3) is 5.69 Å². The summed E-state index contributed by atoms with van der Waals surface area (Å²) in [6, 6.07) is 9.88. The van der Waals surface area contributed by atoms with Crippen LogP contribution < -0.4 is 9.47 Å². The fraction of sp³-hybridized carbons (Fsp3) is 0.429. The average molecular weight is 625 g/mol. The largest absolute Gasteiger partial charge is 0.493 e. The van der Waals surface area contributed by atoms with Crippen LogP contribution in [0, 0.1) is 5.92 Å². The maximum Gasteiger partial charge on any atom is 0.452 e. The van der Waals surface area contributed by atoms with Gasteiger partial charge in [-0.25, -0.2) is 0 Å². The predicted octanol–water partition coefficient (Wildman–Crippen LogP) is 5.94. The number of amides is 1. The number of thioether (sulfide) groups is 1. The molecule has 0 saturated carbocycles. The van der Waals surface area contributed by atoms with E-state index in [4.69, 9.17) is 26.2 Å². The fourth-order valence-electron chi connectivity index (χ4n) is 5.58. The molecule has 2 atom stereocenters. The van der Waals surface area contributed by atoms with Gasteiger partial charge in [0.1, 0.15) is 0 Å². The number of carboxylic acids is 1. The summed E-state index contributed by atoms with van der Waals surface area (Å²) in [5, 5.41) is 15.5. The second-order valence-electron chi connectivity index (χ2n) is 10.1. The molecule has 2 aromatic carbocycles. The van der Waals surface area contributed by atoms with Gasteiger partial charge in [0.15, 0.2) is 17.3 Å². The van der Waals surface area contributed by atoms with E-state index in [0.717, 1.165) is 4.57 Å². The summed E-state index contributed by atoms with van der Waals surface area (Å²) in [5.41, 5.74) is 1.29. The number of hydrogen-bond acceptors (Lipinski definition) is 7. The van der Waals surface area contributed by atoms with Gasteiger partial charge in [-0.05, 0) is 48.6 Å². The summed E-state index contributed by atoms with van der Waals surface area (Å²) < 4.78 is 54.9. The molecule has 3 heterocycles. The first kappa shape index (κ1) is 30.0. The van der Waals surface area contributed by atoms with Gasteiger partial charge in [-0.2, -0.15) is 13.2 Å². The molecule has 1 aromatic heterocycles. The van der Waals surface area contributed by atoms with E-state index >= 15 is 0 Å². The van der Waals surface area contributed by atoms with Crippen LogP contribution in [-0.4, -0.2) is 64.0 Å². The molecule has 3 aromatic rings. The molecule has 5 rings (SSSR count). The Morgan fingerprint density at radius 1 is 1.07 bits per heavy atom. The zero-order chi connectivity index (χ0) is 30.2. The first-order valence-electron chi connectivity index (χ1n) is 13.2. The van der Waals surface area contributed by atoms with E-state index in [9.17, 15) is 22.8 Å². The normalized spacial score (nSPS) is 19.0. The molecule has 9 nitrogen and oxygen atoms in total.